The van der Waals surface area contributed by atoms with Gasteiger partial charge in [0.25, 0.3) is 0 Å². The van der Waals surface area contributed by atoms with Crippen LogP contribution in [-0.4, -0.2) is 11.7 Å². The van der Waals surface area contributed by atoms with Gasteiger partial charge < -0.3 is 9.30 Å². The molecule has 0 saturated carbocycles. The molecule has 0 N–H and O–H groups in total. The van der Waals surface area contributed by atoms with Gasteiger partial charge in [0.2, 0.25) is 0 Å². The Bertz CT molecular complexity index is 625. The summed E-state index contributed by atoms with van der Waals surface area (Å²) in [6, 6.07) is 12.5. The highest BCUT2D eigenvalue weighted by Gasteiger charge is 2.06. The van der Waals surface area contributed by atoms with Gasteiger partial charge in [-0.05, 0) is 29.6 Å². The Labute approximate surface area is 104 Å². The van der Waals surface area contributed by atoms with E-state index in [0.717, 1.165) is 12.3 Å². The summed E-state index contributed by atoms with van der Waals surface area (Å²) in [5.74, 6) is 0.937. The molecule has 2 aromatic heterocycles. The molecule has 3 rings (SSSR count). The van der Waals surface area contributed by atoms with Gasteiger partial charge in [-0.1, -0.05) is 12.1 Å². The molecule has 0 unspecified atom stereocenters. The first-order valence-corrected chi connectivity index (χ1v) is 6.40. The zero-order valence-corrected chi connectivity index (χ0v) is 10.4. The molecule has 0 spiro atoms. The van der Waals surface area contributed by atoms with Crippen molar-refractivity contribution in [1.82, 2.24) is 4.57 Å². The van der Waals surface area contributed by atoms with Crippen molar-refractivity contribution < 1.29 is 4.74 Å². The lowest BCUT2D eigenvalue weighted by atomic mass is 10.2. The van der Waals surface area contributed by atoms with Gasteiger partial charge >= 0.3 is 0 Å². The molecule has 0 aliphatic heterocycles. The van der Waals surface area contributed by atoms with Gasteiger partial charge in [-0.15, -0.1) is 11.3 Å². The topological polar surface area (TPSA) is 14.2 Å². The Balaban J connectivity index is 2.06. The molecule has 2 heterocycles. The van der Waals surface area contributed by atoms with Gasteiger partial charge in [0.1, 0.15) is 5.75 Å². The van der Waals surface area contributed by atoms with E-state index in [1.54, 1.807) is 18.4 Å². The molecule has 3 heteroatoms. The van der Waals surface area contributed by atoms with Gasteiger partial charge in [0.05, 0.1) is 19.2 Å². The summed E-state index contributed by atoms with van der Waals surface area (Å²) in [5.41, 5.74) is 1.22. The Kier molecular flexibility index (Phi) is 2.61. The van der Waals surface area contributed by atoms with Crippen molar-refractivity contribution >= 4 is 22.2 Å². The van der Waals surface area contributed by atoms with Crippen LogP contribution in [0.2, 0.25) is 0 Å². The van der Waals surface area contributed by atoms with E-state index in [2.05, 4.69) is 40.4 Å². The zero-order valence-electron chi connectivity index (χ0n) is 9.59. The average Bonchev–Trinajstić information content (AvgIpc) is 2.99. The fourth-order valence-corrected chi connectivity index (χ4v) is 2.78. The van der Waals surface area contributed by atoms with Crippen LogP contribution in [0.25, 0.3) is 10.9 Å². The first-order chi connectivity index (χ1) is 8.38. The first-order valence-electron chi connectivity index (χ1n) is 5.53. The van der Waals surface area contributed by atoms with Gasteiger partial charge in [0, 0.05) is 16.5 Å². The Hall–Kier alpha value is -1.74. The third-order valence-electron chi connectivity index (χ3n) is 2.90. The van der Waals surface area contributed by atoms with E-state index in [4.69, 9.17) is 4.74 Å². The summed E-state index contributed by atoms with van der Waals surface area (Å²) in [6.07, 6.45) is 2.12. The SMILES string of the molecule is COc1cccc2c1ccn2Cc1cccs1. The van der Waals surface area contributed by atoms with Crippen molar-refractivity contribution in [2.75, 3.05) is 7.11 Å². The van der Waals surface area contributed by atoms with Crippen LogP contribution < -0.4 is 4.74 Å². The van der Waals surface area contributed by atoms with Crippen molar-refractivity contribution in [2.45, 2.75) is 6.54 Å². The quantitative estimate of drug-likeness (QED) is 0.683. The highest BCUT2D eigenvalue weighted by Crippen LogP contribution is 2.27. The molecule has 17 heavy (non-hydrogen) atoms. The van der Waals surface area contributed by atoms with Crippen molar-refractivity contribution in [2.24, 2.45) is 0 Å². The highest BCUT2D eigenvalue weighted by molar-refractivity contribution is 7.09. The maximum Gasteiger partial charge on any atom is 0.128 e. The van der Waals surface area contributed by atoms with Crippen molar-refractivity contribution in [3.05, 3.63) is 52.9 Å². The average molecular weight is 243 g/mol. The van der Waals surface area contributed by atoms with Crippen LogP contribution in [0.1, 0.15) is 4.88 Å². The predicted molar refractivity (Wildman–Crippen MR) is 71.9 cm³/mol. The minimum absolute atomic E-state index is 0.925. The van der Waals surface area contributed by atoms with Crippen LogP contribution in [0.15, 0.2) is 48.0 Å². The number of benzene rings is 1. The Morgan fingerprint density at radius 3 is 2.88 bits per heavy atom. The van der Waals surface area contributed by atoms with E-state index in [1.165, 1.54) is 15.8 Å². The molecule has 1 aromatic carbocycles. The number of nitrogens with zero attached hydrogens (tertiary/aromatic N) is 1. The summed E-state index contributed by atoms with van der Waals surface area (Å²) in [7, 11) is 1.71. The van der Waals surface area contributed by atoms with E-state index in [1.807, 2.05) is 12.1 Å². The summed E-state index contributed by atoms with van der Waals surface area (Å²) in [6.45, 7) is 0.925. The minimum Gasteiger partial charge on any atom is -0.496 e. The Morgan fingerprint density at radius 2 is 2.12 bits per heavy atom. The van der Waals surface area contributed by atoms with E-state index >= 15 is 0 Å². The predicted octanol–water partition coefficient (Wildman–Crippen LogP) is 3.76. The molecule has 0 fully saturated rings. The number of aromatic nitrogens is 1. The molecular formula is C14H13NOS. The fraction of sp³-hybridized carbons (Fsp3) is 0.143. The molecule has 0 bridgehead atoms. The maximum atomic E-state index is 5.37. The molecule has 0 atom stereocenters. The number of fused-ring (bicyclic) bond motifs is 1. The van der Waals surface area contributed by atoms with Gasteiger partial charge in [-0.25, -0.2) is 0 Å². The van der Waals surface area contributed by atoms with Crippen LogP contribution in [0.3, 0.4) is 0 Å². The third-order valence-corrected chi connectivity index (χ3v) is 3.76. The van der Waals surface area contributed by atoms with Crippen LogP contribution >= 0.6 is 11.3 Å². The van der Waals surface area contributed by atoms with Gasteiger partial charge in [-0.2, -0.15) is 0 Å². The number of thiophene rings is 1. The lowest BCUT2D eigenvalue weighted by Gasteiger charge is -2.05. The largest absolute Gasteiger partial charge is 0.496 e. The van der Waals surface area contributed by atoms with Gasteiger partial charge in [0.15, 0.2) is 0 Å². The van der Waals surface area contributed by atoms with Crippen LogP contribution in [0.5, 0.6) is 5.75 Å². The van der Waals surface area contributed by atoms with Crippen LogP contribution in [0, 0.1) is 0 Å². The minimum atomic E-state index is 0.925. The van der Waals surface area contributed by atoms with Gasteiger partial charge in [-0.3, -0.25) is 0 Å². The smallest absolute Gasteiger partial charge is 0.128 e. The van der Waals surface area contributed by atoms with Crippen molar-refractivity contribution in [3.8, 4) is 5.75 Å². The van der Waals surface area contributed by atoms with E-state index in [0.29, 0.717) is 0 Å². The summed E-state index contributed by atoms with van der Waals surface area (Å²) in [5, 5.41) is 3.29. The molecule has 0 amide bonds. The van der Waals surface area contributed by atoms with Crippen LogP contribution in [0.4, 0.5) is 0 Å². The number of rotatable bonds is 3. The normalized spacial score (nSPS) is 10.9. The second kappa shape index (κ2) is 4.26. The molecule has 0 aliphatic rings. The molecule has 0 radical (unpaired) electrons. The van der Waals surface area contributed by atoms with Crippen molar-refractivity contribution in [3.63, 3.8) is 0 Å². The molecule has 0 aliphatic carbocycles. The lowest BCUT2D eigenvalue weighted by molar-refractivity contribution is 0.420. The van der Waals surface area contributed by atoms with Crippen LogP contribution in [-0.2, 0) is 6.54 Å². The fourth-order valence-electron chi connectivity index (χ4n) is 2.08. The highest BCUT2D eigenvalue weighted by atomic mass is 32.1. The zero-order chi connectivity index (χ0) is 11.7. The summed E-state index contributed by atoms with van der Waals surface area (Å²) < 4.78 is 7.62. The molecule has 3 aromatic rings. The second-order valence-corrected chi connectivity index (χ2v) is 4.95. The first kappa shape index (κ1) is 10.4. The standard InChI is InChI=1S/C14H13NOS/c1-16-14-6-2-5-13-12(14)7-8-15(13)10-11-4-3-9-17-11/h2-9H,10H2,1H3. The van der Waals surface area contributed by atoms with E-state index < -0.39 is 0 Å². The second-order valence-electron chi connectivity index (χ2n) is 3.92. The molecule has 2 nitrogen and oxygen atoms in total. The number of hydrogen-bond acceptors (Lipinski definition) is 2. The molecular weight excluding hydrogens is 230 g/mol. The van der Waals surface area contributed by atoms with E-state index in [9.17, 15) is 0 Å². The number of methoxy groups -OCH3 is 1. The summed E-state index contributed by atoms with van der Waals surface area (Å²) >= 11 is 1.79. The third kappa shape index (κ3) is 1.83. The molecule has 86 valence electrons. The lowest BCUT2D eigenvalue weighted by Crippen LogP contribution is -1.95. The molecule has 0 saturated heterocycles. The number of ether oxygens (including phenoxy) is 1. The van der Waals surface area contributed by atoms with E-state index in [-0.39, 0.29) is 0 Å². The summed E-state index contributed by atoms with van der Waals surface area (Å²) in [4.78, 5) is 1.37. The number of hydrogen-bond donors (Lipinski definition) is 0. The maximum absolute atomic E-state index is 5.37. The monoisotopic (exact) mass is 243 g/mol. The van der Waals surface area contributed by atoms with Crippen molar-refractivity contribution in [1.29, 1.82) is 0 Å². The Morgan fingerprint density at radius 1 is 1.18 bits per heavy atom.